The second-order valence-corrected chi connectivity index (χ2v) is 8.13. The number of quaternary nitrogens is 1. The molecule has 1 aliphatic heterocycles. The molecule has 1 amide bonds. The first kappa shape index (κ1) is 18.8. The van der Waals surface area contributed by atoms with Crippen molar-refractivity contribution in [3.8, 4) is 0 Å². The molecule has 136 valence electrons. The molecule has 7 heteroatoms. The van der Waals surface area contributed by atoms with Crippen LogP contribution in [0.15, 0.2) is 0 Å². The standard InChI is InChI=1S/C17H32N6O/c1-6-17(4,5)23-16(19-20-21-23)14(11-12(2)3)22-9-7-13(8-10-22)15(18)24/h12-14H,6-11H2,1-5H3,(H2,18,24)/p+1/t14-/m0/s1. The van der Waals surface area contributed by atoms with Crippen molar-refractivity contribution in [1.29, 1.82) is 0 Å². The van der Waals surface area contributed by atoms with Crippen molar-refractivity contribution in [2.75, 3.05) is 13.1 Å². The highest BCUT2D eigenvalue weighted by Gasteiger charge is 2.37. The Hall–Kier alpha value is -1.50. The van der Waals surface area contributed by atoms with Gasteiger partial charge in [-0.15, -0.1) is 5.10 Å². The fourth-order valence-electron chi connectivity index (χ4n) is 3.54. The van der Waals surface area contributed by atoms with Gasteiger partial charge in [0.15, 0.2) is 0 Å². The minimum Gasteiger partial charge on any atom is -0.369 e. The van der Waals surface area contributed by atoms with Gasteiger partial charge >= 0.3 is 0 Å². The number of likely N-dealkylation sites (tertiary alicyclic amines) is 1. The van der Waals surface area contributed by atoms with Crippen LogP contribution < -0.4 is 10.6 Å². The van der Waals surface area contributed by atoms with E-state index < -0.39 is 0 Å². The van der Waals surface area contributed by atoms with Crippen molar-refractivity contribution in [2.45, 2.75) is 71.9 Å². The Morgan fingerprint density at radius 1 is 1.38 bits per heavy atom. The maximum atomic E-state index is 11.4. The van der Waals surface area contributed by atoms with Crippen molar-refractivity contribution >= 4 is 5.91 Å². The van der Waals surface area contributed by atoms with E-state index in [2.05, 4.69) is 50.1 Å². The lowest BCUT2D eigenvalue weighted by atomic mass is 9.92. The predicted octanol–water partition coefficient (Wildman–Crippen LogP) is 0.686. The van der Waals surface area contributed by atoms with Gasteiger partial charge in [0.1, 0.15) is 6.04 Å². The molecule has 0 aromatic carbocycles. The van der Waals surface area contributed by atoms with E-state index in [-0.39, 0.29) is 23.4 Å². The summed E-state index contributed by atoms with van der Waals surface area (Å²) < 4.78 is 2.01. The zero-order chi connectivity index (χ0) is 17.9. The summed E-state index contributed by atoms with van der Waals surface area (Å²) in [5.41, 5.74) is 5.38. The lowest BCUT2D eigenvalue weighted by molar-refractivity contribution is -0.938. The van der Waals surface area contributed by atoms with Gasteiger partial charge in [-0.2, -0.15) is 0 Å². The summed E-state index contributed by atoms with van der Waals surface area (Å²) in [7, 11) is 0. The molecular weight excluding hydrogens is 304 g/mol. The number of piperidine rings is 1. The zero-order valence-corrected chi connectivity index (χ0v) is 15.7. The van der Waals surface area contributed by atoms with E-state index in [1.165, 1.54) is 4.90 Å². The number of amides is 1. The lowest BCUT2D eigenvalue weighted by Crippen LogP contribution is -3.13. The quantitative estimate of drug-likeness (QED) is 0.766. The maximum Gasteiger partial charge on any atom is 0.220 e. The van der Waals surface area contributed by atoms with E-state index in [1.54, 1.807) is 0 Å². The summed E-state index contributed by atoms with van der Waals surface area (Å²) in [6.07, 6.45) is 3.73. The van der Waals surface area contributed by atoms with Gasteiger partial charge in [0, 0.05) is 25.2 Å². The summed E-state index contributed by atoms with van der Waals surface area (Å²) in [5.74, 6) is 1.40. The van der Waals surface area contributed by atoms with E-state index in [0.29, 0.717) is 5.92 Å². The van der Waals surface area contributed by atoms with Crippen LogP contribution in [-0.4, -0.2) is 39.2 Å². The number of tetrazole rings is 1. The SMILES string of the molecule is CCC(C)(C)n1nnnc1[C@H](CC(C)C)[NH+]1CCC(C(N)=O)CC1. The first-order valence-electron chi connectivity index (χ1n) is 9.19. The molecule has 1 atom stereocenters. The summed E-state index contributed by atoms with van der Waals surface area (Å²) in [6, 6.07) is 0.264. The van der Waals surface area contributed by atoms with E-state index >= 15 is 0 Å². The Morgan fingerprint density at radius 2 is 2.00 bits per heavy atom. The summed E-state index contributed by atoms with van der Waals surface area (Å²) in [5, 5.41) is 12.7. The molecule has 1 aromatic rings. The first-order valence-corrected chi connectivity index (χ1v) is 9.19. The fourth-order valence-corrected chi connectivity index (χ4v) is 3.54. The van der Waals surface area contributed by atoms with E-state index in [1.807, 2.05) is 4.68 Å². The zero-order valence-electron chi connectivity index (χ0n) is 15.7. The molecule has 0 bridgehead atoms. The number of hydrogen-bond acceptors (Lipinski definition) is 4. The molecule has 0 aliphatic carbocycles. The maximum absolute atomic E-state index is 11.4. The molecule has 24 heavy (non-hydrogen) atoms. The molecule has 7 nitrogen and oxygen atoms in total. The molecular formula is C17H33N6O+. The Labute approximate surface area is 145 Å². The Bertz CT molecular complexity index is 545. The van der Waals surface area contributed by atoms with Gasteiger partial charge in [0.2, 0.25) is 11.7 Å². The number of nitrogens with one attached hydrogen (secondary N) is 1. The van der Waals surface area contributed by atoms with Crippen LogP contribution in [0.25, 0.3) is 0 Å². The third kappa shape index (κ3) is 4.12. The van der Waals surface area contributed by atoms with Gasteiger partial charge in [-0.05, 0) is 36.6 Å². The molecule has 1 aromatic heterocycles. The highest BCUT2D eigenvalue weighted by molar-refractivity contribution is 5.76. The van der Waals surface area contributed by atoms with Crippen LogP contribution in [0.4, 0.5) is 0 Å². The van der Waals surface area contributed by atoms with Gasteiger partial charge in [-0.1, -0.05) is 20.8 Å². The minimum atomic E-state index is -0.161. The van der Waals surface area contributed by atoms with Gasteiger partial charge in [0.25, 0.3) is 0 Å². The lowest BCUT2D eigenvalue weighted by Gasteiger charge is -2.35. The second-order valence-electron chi connectivity index (χ2n) is 8.13. The highest BCUT2D eigenvalue weighted by Crippen LogP contribution is 2.25. The topological polar surface area (TPSA) is 91.1 Å². The Morgan fingerprint density at radius 3 is 2.50 bits per heavy atom. The molecule has 2 heterocycles. The van der Waals surface area contributed by atoms with Crippen LogP contribution >= 0.6 is 0 Å². The van der Waals surface area contributed by atoms with Gasteiger partial charge in [0.05, 0.1) is 18.6 Å². The minimum absolute atomic E-state index is 0.0246. The fraction of sp³-hybridized carbons (Fsp3) is 0.882. The van der Waals surface area contributed by atoms with Crippen LogP contribution in [0.3, 0.4) is 0 Å². The van der Waals surface area contributed by atoms with Gasteiger partial charge in [-0.3, -0.25) is 4.79 Å². The third-order valence-electron chi connectivity index (χ3n) is 5.47. The Kier molecular flexibility index (Phi) is 5.96. The number of hydrogen-bond donors (Lipinski definition) is 2. The monoisotopic (exact) mass is 337 g/mol. The van der Waals surface area contributed by atoms with Crippen molar-refractivity contribution < 1.29 is 9.69 Å². The number of nitrogens with two attached hydrogens (primary N) is 1. The molecule has 0 radical (unpaired) electrons. The first-order chi connectivity index (χ1) is 11.3. The van der Waals surface area contributed by atoms with Crippen molar-refractivity contribution in [3.63, 3.8) is 0 Å². The summed E-state index contributed by atoms with van der Waals surface area (Å²) in [4.78, 5) is 12.9. The van der Waals surface area contributed by atoms with E-state index in [0.717, 1.165) is 44.6 Å². The van der Waals surface area contributed by atoms with Crippen molar-refractivity contribution in [2.24, 2.45) is 17.6 Å². The number of carbonyl (C=O) groups is 1. The average Bonchev–Trinajstić information content (AvgIpc) is 3.02. The molecule has 1 aliphatic rings. The number of nitrogens with zero attached hydrogens (tertiary/aromatic N) is 4. The molecule has 0 spiro atoms. The normalized spacial score (nSPS) is 23.4. The van der Waals surface area contributed by atoms with E-state index in [4.69, 9.17) is 5.73 Å². The van der Waals surface area contributed by atoms with Crippen LogP contribution in [0.5, 0.6) is 0 Å². The van der Waals surface area contributed by atoms with Gasteiger partial charge in [-0.25, -0.2) is 4.68 Å². The third-order valence-corrected chi connectivity index (χ3v) is 5.47. The molecule has 0 unspecified atom stereocenters. The smallest absolute Gasteiger partial charge is 0.220 e. The Balaban J connectivity index is 2.25. The summed E-state index contributed by atoms with van der Waals surface area (Å²) >= 11 is 0. The predicted molar refractivity (Wildman–Crippen MR) is 92.2 cm³/mol. The number of aromatic nitrogens is 4. The average molecular weight is 337 g/mol. The second kappa shape index (κ2) is 7.59. The van der Waals surface area contributed by atoms with Crippen LogP contribution in [0.1, 0.15) is 72.2 Å². The number of rotatable bonds is 7. The molecule has 3 N–H and O–H groups in total. The highest BCUT2D eigenvalue weighted by atomic mass is 16.1. The molecule has 0 saturated carbocycles. The molecule has 1 fully saturated rings. The number of carbonyl (C=O) groups excluding carboxylic acids is 1. The molecule has 2 rings (SSSR count). The van der Waals surface area contributed by atoms with Crippen LogP contribution in [0, 0.1) is 11.8 Å². The summed E-state index contributed by atoms with van der Waals surface area (Å²) in [6.45, 7) is 12.9. The van der Waals surface area contributed by atoms with Crippen molar-refractivity contribution in [1.82, 2.24) is 20.2 Å². The largest absolute Gasteiger partial charge is 0.369 e. The number of primary amides is 1. The van der Waals surface area contributed by atoms with Crippen molar-refractivity contribution in [3.05, 3.63) is 5.82 Å². The van der Waals surface area contributed by atoms with Gasteiger partial charge < -0.3 is 10.6 Å². The van der Waals surface area contributed by atoms with E-state index in [9.17, 15) is 4.79 Å². The molecule has 1 saturated heterocycles. The van der Waals surface area contributed by atoms with Crippen LogP contribution in [-0.2, 0) is 10.3 Å². The van der Waals surface area contributed by atoms with Crippen LogP contribution in [0.2, 0.25) is 0 Å².